The molecule has 1 unspecified atom stereocenters. The van der Waals surface area contributed by atoms with E-state index in [9.17, 15) is 4.79 Å². The maximum absolute atomic E-state index is 12.0. The van der Waals surface area contributed by atoms with Gasteiger partial charge in [-0.1, -0.05) is 19.3 Å². The van der Waals surface area contributed by atoms with Gasteiger partial charge in [0.05, 0.1) is 6.61 Å². The van der Waals surface area contributed by atoms with Gasteiger partial charge in [-0.05, 0) is 57.0 Å². The molecule has 1 aliphatic rings. The second kappa shape index (κ2) is 8.79. The van der Waals surface area contributed by atoms with Gasteiger partial charge in [-0.25, -0.2) is 0 Å². The highest BCUT2D eigenvalue weighted by Gasteiger charge is 2.14. The van der Waals surface area contributed by atoms with Gasteiger partial charge in [0.15, 0.2) is 0 Å². The second-order valence-electron chi connectivity index (χ2n) is 6.24. The van der Waals surface area contributed by atoms with Gasteiger partial charge in [-0.2, -0.15) is 0 Å². The normalized spacial score (nSPS) is 17.0. The van der Waals surface area contributed by atoms with Gasteiger partial charge in [-0.15, -0.1) is 0 Å². The van der Waals surface area contributed by atoms with Crippen LogP contribution in [-0.4, -0.2) is 32.1 Å². The van der Waals surface area contributed by atoms with Gasteiger partial charge in [0, 0.05) is 18.2 Å². The maximum Gasteiger partial charge on any atom is 0.251 e. The topological polar surface area (TPSA) is 50.4 Å². The predicted molar refractivity (Wildman–Crippen MR) is 89.4 cm³/mol. The molecule has 0 heterocycles. The molecular formula is C18H28N2O2. The van der Waals surface area contributed by atoms with Crippen LogP contribution in [0.5, 0.6) is 5.75 Å². The number of carbonyl (C=O) groups excluding carboxylic acids is 1. The van der Waals surface area contributed by atoms with Crippen molar-refractivity contribution < 1.29 is 9.53 Å². The fourth-order valence-electron chi connectivity index (χ4n) is 2.72. The number of ether oxygens (including phenoxy) is 1. The molecule has 2 rings (SSSR count). The highest BCUT2D eigenvalue weighted by molar-refractivity contribution is 5.94. The summed E-state index contributed by atoms with van der Waals surface area (Å²) >= 11 is 0. The molecule has 0 spiro atoms. The van der Waals surface area contributed by atoms with Gasteiger partial charge < -0.3 is 15.4 Å². The molecule has 1 aliphatic carbocycles. The SMILES string of the molecule is CNC(C)CNC(=O)c1ccc(OCC2CCCCC2)cc1. The molecule has 1 saturated carbocycles. The van der Waals surface area contributed by atoms with Crippen LogP contribution in [-0.2, 0) is 0 Å². The molecule has 0 saturated heterocycles. The number of carbonyl (C=O) groups is 1. The highest BCUT2D eigenvalue weighted by Crippen LogP contribution is 2.24. The molecule has 4 nitrogen and oxygen atoms in total. The Hall–Kier alpha value is -1.55. The number of hydrogen-bond donors (Lipinski definition) is 2. The van der Waals surface area contributed by atoms with Crippen molar-refractivity contribution in [1.82, 2.24) is 10.6 Å². The third-order valence-electron chi connectivity index (χ3n) is 4.39. The molecule has 0 radical (unpaired) electrons. The molecule has 1 aromatic rings. The Labute approximate surface area is 133 Å². The minimum absolute atomic E-state index is 0.0408. The van der Waals surface area contributed by atoms with Crippen molar-refractivity contribution in [2.45, 2.75) is 45.1 Å². The van der Waals surface area contributed by atoms with E-state index in [0.29, 0.717) is 18.0 Å². The minimum Gasteiger partial charge on any atom is -0.493 e. The van der Waals surface area contributed by atoms with Crippen molar-refractivity contribution in [3.05, 3.63) is 29.8 Å². The Morgan fingerprint density at radius 2 is 1.91 bits per heavy atom. The lowest BCUT2D eigenvalue weighted by Crippen LogP contribution is -2.37. The van der Waals surface area contributed by atoms with Crippen LogP contribution >= 0.6 is 0 Å². The van der Waals surface area contributed by atoms with Crippen molar-refractivity contribution in [3.63, 3.8) is 0 Å². The maximum atomic E-state index is 12.0. The molecule has 1 atom stereocenters. The summed E-state index contributed by atoms with van der Waals surface area (Å²) in [5.74, 6) is 1.51. The summed E-state index contributed by atoms with van der Waals surface area (Å²) in [5, 5.41) is 6.00. The van der Waals surface area contributed by atoms with Crippen molar-refractivity contribution in [1.29, 1.82) is 0 Å². The van der Waals surface area contributed by atoms with Crippen molar-refractivity contribution in [2.75, 3.05) is 20.2 Å². The number of likely N-dealkylation sites (N-methyl/N-ethyl adjacent to an activating group) is 1. The Balaban J connectivity index is 1.77. The summed E-state index contributed by atoms with van der Waals surface area (Å²) in [7, 11) is 1.88. The predicted octanol–water partition coefficient (Wildman–Crippen LogP) is 2.98. The molecule has 22 heavy (non-hydrogen) atoms. The summed E-state index contributed by atoms with van der Waals surface area (Å²) < 4.78 is 5.85. The van der Waals surface area contributed by atoms with E-state index in [1.54, 1.807) is 0 Å². The Morgan fingerprint density at radius 1 is 1.23 bits per heavy atom. The van der Waals surface area contributed by atoms with Crippen LogP contribution in [0.2, 0.25) is 0 Å². The smallest absolute Gasteiger partial charge is 0.251 e. The second-order valence-corrected chi connectivity index (χ2v) is 6.24. The van der Waals surface area contributed by atoms with Crippen molar-refractivity contribution in [2.24, 2.45) is 5.92 Å². The summed E-state index contributed by atoms with van der Waals surface area (Å²) in [5.41, 5.74) is 0.674. The van der Waals surface area contributed by atoms with E-state index in [1.807, 2.05) is 38.2 Å². The highest BCUT2D eigenvalue weighted by atomic mass is 16.5. The van der Waals surface area contributed by atoms with Crippen LogP contribution < -0.4 is 15.4 Å². The average molecular weight is 304 g/mol. The summed E-state index contributed by atoms with van der Waals surface area (Å²) in [6.45, 7) is 3.45. The Kier molecular flexibility index (Phi) is 6.72. The van der Waals surface area contributed by atoms with Crippen LogP contribution in [0.3, 0.4) is 0 Å². The van der Waals surface area contributed by atoms with E-state index in [1.165, 1.54) is 32.1 Å². The molecule has 0 aliphatic heterocycles. The van der Waals surface area contributed by atoms with Gasteiger partial charge in [0.25, 0.3) is 5.91 Å². The standard InChI is InChI=1S/C18H28N2O2/c1-14(19-2)12-20-18(21)16-8-10-17(11-9-16)22-13-15-6-4-3-5-7-15/h8-11,14-15,19H,3-7,12-13H2,1-2H3,(H,20,21). The lowest BCUT2D eigenvalue weighted by molar-refractivity contribution is 0.0950. The van der Waals surface area contributed by atoms with Crippen molar-refractivity contribution >= 4 is 5.91 Å². The van der Waals surface area contributed by atoms with E-state index in [-0.39, 0.29) is 11.9 Å². The molecule has 1 amide bonds. The third kappa shape index (κ3) is 5.34. The van der Waals surface area contributed by atoms with E-state index in [4.69, 9.17) is 4.74 Å². The number of nitrogens with one attached hydrogen (secondary N) is 2. The minimum atomic E-state index is -0.0408. The average Bonchev–Trinajstić information content (AvgIpc) is 2.59. The third-order valence-corrected chi connectivity index (χ3v) is 4.39. The first-order valence-corrected chi connectivity index (χ1v) is 8.37. The molecule has 2 N–H and O–H groups in total. The zero-order valence-corrected chi connectivity index (χ0v) is 13.7. The molecule has 0 bridgehead atoms. The largest absolute Gasteiger partial charge is 0.493 e. The first kappa shape index (κ1) is 16.8. The van der Waals surface area contributed by atoms with E-state index in [0.717, 1.165) is 12.4 Å². The van der Waals surface area contributed by atoms with Crippen LogP contribution in [0.15, 0.2) is 24.3 Å². The lowest BCUT2D eigenvalue weighted by atomic mass is 9.90. The monoisotopic (exact) mass is 304 g/mol. The molecule has 1 aromatic carbocycles. The number of hydrogen-bond acceptors (Lipinski definition) is 3. The van der Waals surface area contributed by atoms with Crippen LogP contribution in [0.4, 0.5) is 0 Å². The van der Waals surface area contributed by atoms with Crippen molar-refractivity contribution in [3.8, 4) is 5.75 Å². The molecule has 1 fully saturated rings. The number of benzene rings is 1. The summed E-state index contributed by atoms with van der Waals surface area (Å²) in [6.07, 6.45) is 6.59. The molecular weight excluding hydrogens is 276 g/mol. The van der Waals surface area contributed by atoms with Crippen LogP contribution in [0.25, 0.3) is 0 Å². The summed E-state index contributed by atoms with van der Waals surface area (Å²) in [6, 6.07) is 7.70. The first-order valence-electron chi connectivity index (χ1n) is 8.37. The van der Waals surface area contributed by atoms with Crippen LogP contribution in [0, 0.1) is 5.92 Å². The van der Waals surface area contributed by atoms with E-state index >= 15 is 0 Å². The molecule has 0 aromatic heterocycles. The van der Waals surface area contributed by atoms with Gasteiger partial charge in [0.1, 0.15) is 5.75 Å². The number of rotatable bonds is 7. The zero-order chi connectivity index (χ0) is 15.8. The summed E-state index contributed by atoms with van der Waals surface area (Å²) in [4.78, 5) is 12.0. The molecule has 4 heteroatoms. The fraction of sp³-hybridized carbons (Fsp3) is 0.611. The zero-order valence-electron chi connectivity index (χ0n) is 13.7. The van der Waals surface area contributed by atoms with Gasteiger partial charge >= 0.3 is 0 Å². The molecule has 122 valence electrons. The van der Waals surface area contributed by atoms with Crippen LogP contribution in [0.1, 0.15) is 49.4 Å². The van der Waals surface area contributed by atoms with E-state index in [2.05, 4.69) is 10.6 Å². The Bertz CT molecular complexity index is 453. The fourth-order valence-corrected chi connectivity index (χ4v) is 2.72. The Morgan fingerprint density at radius 3 is 2.55 bits per heavy atom. The van der Waals surface area contributed by atoms with Gasteiger partial charge in [-0.3, -0.25) is 4.79 Å². The van der Waals surface area contributed by atoms with Gasteiger partial charge in [0.2, 0.25) is 0 Å². The van der Waals surface area contributed by atoms with E-state index < -0.39 is 0 Å². The first-order chi connectivity index (χ1) is 10.7. The quantitative estimate of drug-likeness (QED) is 0.814. The lowest BCUT2D eigenvalue weighted by Gasteiger charge is -2.21. The number of amides is 1.